The first kappa shape index (κ1) is 15.0. The molecule has 0 aliphatic carbocycles. The van der Waals surface area contributed by atoms with Crippen molar-refractivity contribution in [2.45, 2.75) is 12.3 Å². The zero-order valence-electron chi connectivity index (χ0n) is 12.5. The molecule has 0 bridgehead atoms. The van der Waals surface area contributed by atoms with Crippen molar-refractivity contribution >= 4 is 17.6 Å². The van der Waals surface area contributed by atoms with E-state index in [-0.39, 0.29) is 35.5 Å². The summed E-state index contributed by atoms with van der Waals surface area (Å²) in [5.74, 6) is -0.757. The lowest BCUT2D eigenvalue weighted by atomic mass is 9.98. The lowest BCUT2D eigenvalue weighted by molar-refractivity contribution is -0.141. The van der Waals surface area contributed by atoms with Crippen LogP contribution in [0.4, 0.5) is 5.69 Å². The van der Waals surface area contributed by atoms with Gasteiger partial charge in [-0.3, -0.25) is 14.4 Å². The number of para-hydroxylation sites is 1. The van der Waals surface area contributed by atoms with Crippen molar-refractivity contribution in [1.82, 2.24) is 10.2 Å². The van der Waals surface area contributed by atoms with E-state index in [2.05, 4.69) is 10.2 Å². The number of hydrogen-bond donors (Lipinski definition) is 1. The first-order valence-electron chi connectivity index (χ1n) is 7.13. The predicted octanol–water partition coefficient (Wildman–Crippen LogP) is 1.08. The molecule has 0 saturated heterocycles. The molecule has 0 fully saturated rings. The summed E-state index contributed by atoms with van der Waals surface area (Å²) in [6, 6.07) is 10.1. The second kappa shape index (κ2) is 6.04. The molecule has 1 amide bonds. The van der Waals surface area contributed by atoms with Crippen LogP contribution < -0.4 is 10.5 Å². The number of hydrogen-bond acceptors (Lipinski definition) is 5. The Morgan fingerprint density at radius 1 is 1.30 bits per heavy atom. The number of aromatic nitrogens is 2. The monoisotopic (exact) mass is 313 g/mol. The maximum atomic E-state index is 12.6. The summed E-state index contributed by atoms with van der Waals surface area (Å²) in [6.07, 6.45) is 0.205. The molecule has 118 valence electrons. The van der Waals surface area contributed by atoms with Crippen molar-refractivity contribution in [2.24, 2.45) is 0 Å². The predicted molar refractivity (Wildman–Crippen MR) is 82.4 cm³/mol. The average molecular weight is 313 g/mol. The number of carbonyl (C=O) groups excluding carboxylic acids is 2. The molecule has 7 heteroatoms. The lowest BCUT2D eigenvalue weighted by Crippen LogP contribution is -2.31. The SMILES string of the molecule is COC(=O)CC1CN(C(=O)c2ccc(=O)[nH]n2)c2ccccc21. The molecule has 1 unspecified atom stereocenters. The average Bonchev–Trinajstić information content (AvgIpc) is 2.93. The van der Waals surface area contributed by atoms with E-state index in [4.69, 9.17) is 4.74 Å². The Kier molecular flexibility index (Phi) is 3.92. The molecule has 2 aromatic rings. The van der Waals surface area contributed by atoms with Crippen LogP contribution in [0.5, 0.6) is 0 Å². The number of anilines is 1. The van der Waals surface area contributed by atoms with Crippen molar-refractivity contribution < 1.29 is 14.3 Å². The van der Waals surface area contributed by atoms with Crippen molar-refractivity contribution in [3.8, 4) is 0 Å². The Hall–Kier alpha value is -2.96. The molecule has 2 heterocycles. The maximum Gasteiger partial charge on any atom is 0.306 e. The first-order valence-corrected chi connectivity index (χ1v) is 7.13. The van der Waals surface area contributed by atoms with Gasteiger partial charge in [-0.05, 0) is 17.7 Å². The summed E-state index contributed by atoms with van der Waals surface area (Å²) >= 11 is 0. The van der Waals surface area contributed by atoms with Crippen molar-refractivity contribution in [1.29, 1.82) is 0 Å². The third kappa shape index (κ3) is 2.85. The molecule has 7 nitrogen and oxygen atoms in total. The molecule has 1 aliphatic rings. The second-order valence-corrected chi connectivity index (χ2v) is 5.26. The maximum absolute atomic E-state index is 12.6. The fraction of sp³-hybridized carbons (Fsp3) is 0.250. The van der Waals surface area contributed by atoms with Gasteiger partial charge in [0.1, 0.15) is 5.69 Å². The third-order valence-corrected chi connectivity index (χ3v) is 3.85. The van der Waals surface area contributed by atoms with Gasteiger partial charge in [0.2, 0.25) is 0 Å². The molecule has 1 atom stereocenters. The molecular formula is C16H15N3O4. The molecule has 0 saturated carbocycles. The van der Waals surface area contributed by atoms with Crippen LogP contribution >= 0.6 is 0 Å². The standard InChI is InChI=1S/C16H15N3O4/c1-23-15(21)8-10-9-19(13-5-3-2-4-11(10)13)16(22)12-6-7-14(20)18-17-12/h2-7,10H,8-9H2,1H3,(H,18,20). The summed E-state index contributed by atoms with van der Waals surface area (Å²) < 4.78 is 4.73. The highest BCUT2D eigenvalue weighted by molar-refractivity contribution is 6.06. The van der Waals surface area contributed by atoms with Gasteiger partial charge in [-0.2, -0.15) is 5.10 Å². The van der Waals surface area contributed by atoms with Gasteiger partial charge in [-0.25, -0.2) is 5.10 Å². The zero-order chi connectivity index (χ0) is 16.4. The van der Waals surface area contributed by atoms with Gasteiger partial charge in [-0.15, -0.1) is 0 Å². The molecule has 23 heavy (non-hydrogen) atoms. The summed E-state index contributed by atoms with van der Waals surface area (Å²) in [6.45, 7) is 0.369. The Labute approximate surface area is 131 Å². The quantitative estimate of drug-likeness (QED) is 0.856. The number of esters is 1. The number of nitrogens with zero attached hydrogens (tertiary/aromatic N) is 2. The minimum atomic E-state index is -0.369. The molecule has 3 rings (SSSR count). The first-order chi connectivity index (χ1) is 11.1. The van der Waals surface area contributed by atoms with Crippen molar-refractivity contribution in [3.63, 3.8) is 0 Å². The van der Waals surface area contributed by atoms with Gasteiger partial charge in [0.05, 0.1) is 13.5 Å². The molecule has 1 aliphatic heterocycles. The second-order valence-electron chi connectivity index (χ2n) is 5.26. The van der Waals surface area contributed by atoms with Crippen LogP contribution in [0.3, 0.4) is 0 Å². The van der Waals surface area contributed by atoms with E-state index >= 15 is 0 Å². The van der Waals surface area contributed by atoms with E-state index in [9.17, 15) is 14.4 Å². The number of H-pyrrole nitrogens is 1. The van der Waals surface area contributed by atoms with Gasteiger partial charge in [0, 0.05) is 24.2 Å². The summed E-state index contributed by atoms with van der Waals surface area (Å²) in [5.41, 5.74) is 1.46. The topological polar surface area (TPSA) is 92.4 Å². The fourth-order valence-electron chi connectivity index (χ4n) is 2.75. The largest absolute Gasteiger partial charge is 0.469 e. The van der Waals surface area contributed by atoms with E-state index in [1.54, 1.807) is 4.90 Å². The van der Waals surface area contributed by atoms with E-state index in [1.165, 1.54) is 19.2 Å². The molecular weight excluding hydrogens is 298 g/mol. The number of aromatic amines is 1. The van der Waals surface area contributed by atoms with E-state index in [0.29, 0.717) is 6.54 Å². The van der Waals surface area contributed by atoms with E-state index in [1.807, 2.05) is 24.3 Å². The van der Waals surface area contributed by atoms with Crippen LogP contribution in [-0.4, -0.2) is 35.7 Å². The van der Waals surface area contributed by atoms with Gasteiger partial charge in [0.25, 0.3) is 11.5 Å². The molecule has 1 N–H and O–H groups in total. The van der Waals surface area contributed by atoms with Crippen LogP contribution in [0.15, 0.2) is 41.2 Å². The number of benzene rings is 1. The highest BCUT2D eigenvalue weighted by Crippen LogP contribution is 2.38. The number of carbonyl (C=O) groups is 2. The van der Waals surface area contributed by atoms with E-state index in [0.717, 1.165) is 11.3 Å². The number of ether oxygens (including phenoxy) is 1. The Morgan fingerprint density at radius 2 is 2.09 bits per heavy atom. The van der Waals surface area contributed by atoms with Gasteiger partial charge in [0.15, 0.2) is 0 Å². The molecule has 1 aromatic heterocycles. The summed E-state index contributed by atoms with van der Waals surface area (Å²) in [7, 11) is 1.34. The lowest BCUT2D eigenvalue weighted by Gasteiger charge is -2.17. The fourth-order valence-corrected chi connectivity index (χ4v) is 2.75. The number of rotatable bonds is 3. The number of methoxy groups -OCH3 is 1. The van der Waals surface area contributed by atoms with Crippen molar-refractivity contribution in [2.75, 3.05) is 18.6 Å². The minimum Gasteiger partial charge on any atom is -0.469 e. The number of nitrogens with one attached hydrogen (secondary N) is 1. The van der Waals surface area contributed by atoms with Crippen molar-refractivity contribution in [3.05, 3.63) is 58.0 Å². The Morgan fingerprint density at radius 3 is 2.78 bits per heavy atom. The summed E-state index contributed by atoms with van der Waals surface area (Å²) in [4.78, 5) is 36.9. The smallest absolute Gasteiger partial charge is 0.306 e. The van der Waals surface area contributed by atoms with E-state index < -0.39 is 0 Å². The minimum absolute atomic E-state index is 0.120. The van der Waals surface area contributed by atoms with Crippen LogP contribution in [0, 0.1) is 0 Å². The van der Waals surface area contributed by atoms with Gasteiger partial charge in [-0.1, -0.05) is 18.2 Å². The van der Waals surface area contributed by atoms with Crippen LogP contribution in [0.1, 0.15) is 28.4 Å². The number of fused-ring (bicyclic) bond motifs is 1. The highest BCUT2D eigenvalue weighted by atomic mass is 16.5. The Bertz CT molecular complexity index is 794. The van der Waals surface area contributed by atoms with Gasteiger partial charge < -0.3 is 9.64 Å². The van der Waals surface area contributed by atoms with Crippen LogP contribution in [-0.2, 0) is 9.53 Å². The van der Waals surface area contributed by atoms with Crippen LogP contribution in [0.2, 0.25) is 0 Å². The summed E-state index contributed by atoms with van der Waals surface area (Å²) in [5, 5.41) is 6.03. The third-order valence-electron chi connectivity index (χ3n) is 3.85. The Balaban J connectivity index is 1.91. The number of amides is 1. The highest BCUT2D eigenvalue weighted by Gasteiger charge is 2.34. The molecule has 1 aromatic carbocycles. The molecule has 0 radical (unpaired) electrons. The zero-order valence-corrected chi connectivity index (χ0v) is 12.5. The van der Waals surface area contributed by atoms with Gasteiger partial charge >= 0.3 is 5.97 Å². The molecule has 0 spiro atoms. The normalized spacial score (nSPS) is 16.0. The van der Waals surface area contributed by atoms with Crippen LogP contribution in [0.25, 0.3) is 0 Å².